The lowest BCUT2D eigenvalue weighted by Crippen LogP contribution is -2.07. The summed E-state index contributed by atoms with van der Waals surface area (Å²) in [5.74, 6) is -0.499. The number of hydrogen-bond donors (Lipinski definition) is 1. The van der Waals surface area contributed by atoms with Gasteiger partial charge in [0.25, 0.3) is 0 Å². The number of carbonyl (C=O) groups excluding carboxylic acids is 1. The molecule has 0 aliphatic heterocycles. The largest absolute Gasteiger partial charge is 0.506 e. The Morgan fingerprint density at radius 2 is 2.31 bits per heavy atom. The van der Waals surface area contributed by atoms with Gasteiger partial charge in [0.2, 0.25) is 0 Å². The predicted octanol–water partition coefficient (Wildman–Crippen LogP) is 2.13. The van der Waals surface area contributed by atoms with Crippen LogP contribution in [0.3, 0.4) is 0 Å². The zero-order chi connectivity index (χ0) is 12.1. The molecule has 84 valence electrons. The van der Waals surface area contributed by atoms with Crippen LogP contribution in [-0.4, -0.2) is 17.7 Å². The Balaban J connectivity index is 2.96. The molecule has 0 aliphatic carbocycles. The number of aromatic hydroxyl groups is 1. The fourth-order valence-electron chi connectivity index (χ4n) is 1.20. The van der Waals surface area contributed by atoms with Gasteiger partial charge in [-0.25, -0.2) is 0 Å². The van der Waals surface area contributed by atoms with Crippen molar-refractivity contribution in [1.82, 2.24) is 0 Å². The second-order valence-electron chi connectivity index (χ2n) is 3.03. The summed E-state index contributed by atoms with van der Waals surface area (Å²) in [6.07, 6.45) is -0.00994. The molecule has 0 amide bonds. The quantitative estimate of drug-likeness (QED) is 0.863. The molecule has 1 rings (SSSR count). The average molecular weight is 284 g/mol. The Labute approximate surface area is 102 Å². The molecule has 0 atom stereocenters. The lowest BCUT2D eigenvalue weighted by molar-refractivity contribution is -0.142. The summed E-state index contributed by atoms with van der Waals surface area (Å²) in [5, 5.41) is 18.4. The normalized spacial score (nSPS) is 9.56. The molecule has 0 saturated heterocycles. The first-order valence-corrected chi connectivity index (χ1v) is 5.45. The maximum atomic E-state index is 11.2. The van der Waals surface area contributed by atoms with Gasteiger partial charge in [-0.15, -0.1) is 0 Å². The Morgan fingerprint density at radius 1 is 1.62 bits per heavy atom. The smallest absolute Gasteiger partial charge is 0.310 e. The minimum Gasteiger partial charge on any atom is -0.506 e. The summed E-state index contributed by atoms with van der Waals surface area (Å²) in [7, 11) is 0. The molecule has 0 radical (unpaired) electrons. The van der Waals surface area contributed by atoms with Crippen LogP contribution in [0.15, 0.2) is 16.6 Å². The minimum atomic E-state index is -0.408. The van der Waals surface area contributed by atoms with E-state index in [1.54, 1.807) is 13.0 Å². The van der Waals surface area contributed by atoms with Gasteiger partial charge in [0.1, 0.15) is 11.8 Å². The predicted molar refractivity (Wildman–Crippen MR) is 60.9 cm³/mol. The fraction of sp³-hybridized carbons (Fsp3) is 0.273. The molecule has 1 N–H and O–H groups in total. The second kappa shape index (κ2) is 5.52. The molecule has 0 spiro atoms. The molecule has 0 bridgehead atoms. The van der Waals surface area contributed by atoms with Crippen molar-refractivity contribution in [3.8, 4) is 11.8 Å². The molecule has 0 fully saturated rings. The molecule has 0 saturated carbocycles. The number of esters is 1. The van der Waals surface area contributed by atoms with Crippen LogP contribution in [0.4, 0.5) is 0 Å². The highest BCUT2D eigenvalue weighted by atomic mass is 79.9. The third kappa shape index (κ3) is 2.74. The average Bonchev–Trinajstić information content (AvgIpc) is 2.25. The maximum absolute atomic E-state index is 11.2. The number of rotatable bonds is 3. The van der Waals surface area contributed by atoms with E-state index in [-0.39, 0.29) is 12.2 Å². The molecule has 5 heteroatoms. The van der Waals surface area contributed by atoms with Crippen LogP contribution in [0.1, 0.15) is 18.1 Å². The Kier molecular flexibility index (Phi) is 4.32. The van der Waals surface area contributed by atoms with Gasteiger partial charge in [0.05, 0.1) is 23.1 Å². The van der Waals surface area contributed by atoms with Crippen molar-refractivity contribution < 1.29 is 14.6 Å². The van der Waals surface area contributed by atoms with Gasteiger partial charge >= 0.3 is 5.97 Å². The number of nitrogens with zero attached hydrogens (tertiary/aromatic N) is 1. The van der Waals surface area contributed by atoms with E-state index in [4.69, 9.17) is 10.00 Å². The number of phenols is 1. The second-order valence-corrected chi connectivity index (χ2v) is 3.82. The van der Waals surface area contributed by atoms with E-state index in [2.05, 4.69) is 15.9 Å². The number of nitriles is 1. The van der Waals surface area contributed by atoms with E-state index >= 15 is 0 Å². The van der Waals surface area contributed by atoms with Crippen molar-refractivity contribution in [1.29, 1.82) is 5.26 Å². The molecule has 1 aromatic rings. The van der Waals surface area contributed by atoms with Gasteiger partial charge in [-0.1, -0.05) is 6.07 Å². The van der Waals surface area contributed by atoms with Crippen LogP contribution in [0.25, 0.3) is 0 Å². The summed E-state index contributed by atoms with van der Waals surface area (Å²) in [6, 6.07) is 5.00. The number of halogens is 1. The zero-order valence-electron chi connectivity index (χ0n) is 8.66. The van der Waals surface area contributed by atoms with E-state index in [1.807, 2.05) is 6.07 Å². The SMILES string of the molecule is CCOC(=O)Cc1ccc(C#N)c(Br)c1O. The first kappa shape index (κ1) is 12.5. The summed E-state index contributed by atoms with van der Waals surface area (Å²) in [6.45, 7) is 2.02. The molecule has 0 heterocycles. The summed E-state index contributed by atoms with van der Waals surface area (Å²) >= 11 is 3.10. The van der Waals surface area contributed by atoms with Crippen LogP contribution >= 0.6 is 15.9 Å². The molecule has 1 aromatic carbocycles. The molecule has 0 aliphatic rings. The van der Waals surface area contributed by atoms with Crippen molar-refractivity contribution in [2.24, 2.45) is 0 Å². The number of benzene rings is 1. The summed E-state index contributed by atoms with van der Waals surface area (Å²) in [4.78, 5) is 11.2. The lowest BCUT2D eigenvalue weighted by Gasteiger charge is -2.06. The van der Waals surface area contributed by atoms with Gasteiger partial charge < -0.3 is 9.84 Å². The van der Waals surface area contributed by atoms with Gasteiger partial charge in [0, 0.05) is 5.56 Å². The van der Waals surface area contributed by atoms with Crippen molar-refractivity contribution in [2.75, 3.05) is 6.61 Å². The van der Waals surface area contributed by atoms with Gasteiger partial charge in [-0.2, -0.15) is 5.26 Å². The van der Waals surface area contributed by atoms with Crippen LogP contribution in [0, 0.1) is 11.3 Å². The monoisotopic (exact) mass is 283 g/mol. The summed E-state index contributed by atoms with van der Waals surface area (Å²) < 4.78 is 5.07. The third-order valence-electron chi connectivity index (χ3n) is 1.96. The molecule has 0 unspecified atom stereocenters. The molecular formula is C11H10BrNO3. The standard InChI is InChI=1S/C11H10BrNO3/c1-2-16-9(14)5-7-3-4-8(6-13)10(12)11(7)15/h3-4,15H,2,5H2,1H3. The Bertz CT molecular complexity index is 451. The number of ether oxygens (including phenoxy) is 1. The number of phenolic OH excluding ortho intramolecular Hbond substituents is 1. The Hall–Kier alpha value is -1.54. The van der Waals surface area contributed by atoms with E-state index < -0.39 is 5.97 Å². The fourth-order valence-corrected chi connectivity index (χ4v) is 1.68. The van der Waals surface area contributed by atoms with Crippen molar-refractivity contribution in [2.45, 2.75) is 13.3 Å². The van der Waals surface area contributed by atoms with Crippen molar-refractivity contribution in [3.63, 3.8) is 0 Å². The number of hydrogen-bond acceptors (Lipinski definition) is 4. The van der Waals surface area contributed by atoms with E-state index in [0.717, 1.165) is 0 Å². The highest BCUT2D eigenvalue weighted by Crippen LogP contribution is 2.31. The first-order valence-electron chi connectivity index (χ1n) is 4.66. The highest BCUT2D eigenvalue weighted by Gasteiger charge is 2.13. The first-order chi connectivity index (χ1) is 7.60. The molecule has 4 nitrogen and oxygen atoms in total. The highest BCUT2D eigenvalue weighted by molar-refractivity contribution is 9.10. The van der Waals surface area contributed by atoms with Crippen molar-refractivity contribution >= 4 is 21.9 Å². The van der Waals surface area contributed by atoms with Crippen molar-refractivity contribution in [3.05, 3.63) is 27.7 Å². The molecule has 16 heavy (non-hydrogen) atoms. The number of carbonyl (C=O) groups is 1. The third-order valence-corrected chi connectivity index (χ3v) is 2.76. The van der Waals surface area contributed by atoms with Crippen LogP contribution in [0.2, 0.25) is 0 Å². The van der Waals surface area contributed by atoms with E-state index in [9.17, 15) is 9.90 Å². The van der Waals surface area contributed by atoms with Crippen LogP contribution in [0.5, 0.6) is 5.75 Å². The Morgan fingerprint density at radius 3 is 2.88 bits per heavy atom. The summed E-state index contributed by atoms with van der Waals surface area (Å²) in [5.41, 5.74) is 0.759. The van der Waals surface area contributed by atoms with Gasteiger partial charge in [-0.3, -0.25) is 4.79 Å². The van der Waals surface area contributed by atoms with Crippen LogP contribution < -0.4 is 0 Å². The van der Waals surface area contributed by atoms with Gasteiger partial charge in [-0.05, 0) is 28.9 Å². The topological polar surface area (TPSA) is 70.3 Å². The van der Waals surface area contributed by atoms with E-state index in [0.29, 0.717) is 22.2 Å². The maximum Gasteiger partial charge on any atom is 0.310 e. The van der Waals surface area contributed by atoms with Gasteiger partial charge in [0.15, 0.2) is 0 Å². The molecule has 0 aromatic heterocycles. The minimum absolute atomic E-state index is 0.00994. The zero-order valence-corrected chi connectivity index (χ0v) is 10.2. The van der Waals surface area contributed by atoms with Crippen LogP contribution in [-0.2, 0) is 16.0 Å². The lowest BCUT2D eigenvalue weighted by atomic mass is 10.1. The molecular weight excluding hydrogens is 274 g/mol. The van der Waals surface area contributed by atoms with E-state index in [1.165, 1.54) is 6.07 Å².